The lowest BCUT2D eigenvalue weighted by molar-refractivity contribution is 0.302. The molecule has 15 heavy (non-hydrogen) atoms. The largest absolute Gasteiger partial charge is 0.396 e. The Labute approximate surface area is 95.6 Å². The van der Waals surface area contributed by atoms with Crippen molar-refractivity contribution in [3.63, 3.8) is 0 Å². The Morgan fingerprint density at radius 1 is 0.733 bits per heavy atom. The first-order valence-electron chi connectivity index (χ1n) is 6.67. The summed E-state index contributed by atoms with van der Waals surface area (Å²) in [4.78, 5) is 0. The highest BCUT2D eigenvalue weighted by Crippen LogP contribution is 2.09. The summed E-state index contributed by atoms with van der Waals surface area (Å²) < 4.78 is 0. The molecule has 0 spiro atoms. The fourth-order valence-corrected chi connectivity index (χ4v) is 1.71. The zero-order valence-electron chi connectivity index (χ0n) is 10.4. The third-order valence-electron chi connectivity index (χ3n) is 2.69. The molecule has 0 heterocycles. The molecular weight excluding hydrogens is 184 g/mol. The van der Waals surface area contributed by atoms with Crippen molar-refractivity contribution in [1.82, 2.24) is 0 Å². The Hall–Kier alpha value is -0.300. The minimum absolute atomic E-state index is 0.286. The van der Waals surface area contributed by atoms with Gasteiger partial charge in [-0.2, -0.15) is 0 Å². The summed E-state index contributed by atoms with van der Waals surface area (Å²) in [6, 6.07) is 0. The summed E-state index contributed by atoms with van der Waals surface area (Å²) in [5, 5.41) is 8.56. The molecule has 0 aromatic carbocycles. The quantitative estimate of drug-likeness (QED) is 0.396. The topological polar surface area (TPSA) is 20.2 Å². The van der Waals surface area contributed by atoms with Gasteiger partial charge < -0.3 is 5.11 Å². The summed E-state index contributed by atoms with van der Waals surface area (Å²) in [6.45, 7) is 2.55. The van der Waals surface area contributed by atoms with E-state index in [1.807, 2.05) is 0 Å². The Balaban J connectivity index is 2.92. The van der Waals surface area contributed by atoms with E-state index in [1.165, 1.54) is 57.8 Å². The van der Waals surface area contributed by atoms with Crippen LogP contribution < -0.4 is 0 Å². The van der Waals surface area contributed by atoms with Crippen LogP contribution >= 0.6 is 0 Å². The highest BCUT2D eigenvalue weighted by atomic mass is 16.2. The van der Waals surface area contributed by atoms with Crippen molar-refractivity contribution in [1.29, 1.82) is 0 Å². The zero-order chi connectivity index (χ0) is 11.2. The first-order valence-corrected chi connectivity index (χ1v) is 6.67. The Morgan fingerprint density at radius 3 is 1.87 bits per heavy atom. The summed E-state index contributed by atoms with van der Waals surface area (Å²) >= 11 is 0. The Morgan fingerprint density at radius 2 is 1.27 bits per heavy atom. The smallest absolute Gasteiger partial charge is 0.0465 e. The third kappa shape index (κ3) is 13.7. The van der Waals surface area contributed by atoms with E-state index >= 15 is 0 Å². The van der Waals surface area contributed by atoms with Crippen molar-refractivity contribution in [3.8, 4) is 0 Å². The van der Waals surface area contributed by atoms with Crippen molar-refractivity contribution in [2.45, 2.75) is 71.1 Å². The molecule has 0 rings (SSSR count). The molecule has 0 atom stereocenters. The number of aliphatic hydroxyl groups excluding tert-OH is 1. The van der Waals surface area contributed by atoms with Crippen LogP contribution in [0.1, 0.15) is 71.1 Å². The van der Waals surface area contributed by atoms with Gasteiger partial charge in [0.1, 0.15) is 0 Å². The van der Waals surface area contributed by atoms with Crippen molar-refractivity contribution in [3.05, 3.63) is 12.2 Å². The second-order valence-electron chi connectivity index (χ2n) is 4.25. The Kier molecular flexibility index (Phi) is 13.4. The molecule has 0 saturated carbocycles. The minimum Gasteiger partial charge on any atom is -0.396 e. The molecule has 0 fully saturated rings. The van der Waals surface area contributed by atoms with Crippen LogP contribution in [0.15, 0.2) is 12.2 Å². The van der Waals surface area contributed by atoms with Crippen LogP contribution in [0.4, 0.5) is 0 Å². The van der Waals surface area contributed by atoms with Crippen molar-refractivity contribution in [2.24, 2.45) is 0 Å². The van der Waals surface area contributed by atoms with Crippen LogP contribution in [0, 0.1) is 0 Å². The molecule has 0 aromatic rings. The van der Waals surface area contributed by atoms with Crippen LogP contribution in [-0.2, 0) is 0 Å². The van der Waals surface area contributed by atoms with E-state index in [0.717, 1.165) is 6.42 Å². The molecule has 90 valence electrons. The first kappa shape index (κ1) is 14.7. The van der Waals surface area contributed by atoms with E-state index < -0.39 is 0 Å². The van der Waals surface area contributed by atoms with Gasteiger partial charge in [-0.15, -0.1) is 0 Å². The summed E-state index contributed by atoms with van der Waals surface area (Å²) in [7, 11) is 0. The molecule has 0 radical (unpaired) electrons. The van der Waals surface area contributed by atoms with Gasteiger partial charge in [0.15, 0.2) is 0 Å². The number of hydrogen-bond acceptors (Lipinski definition) is 1. The molecule has 0 saturated heterocycles. The molecular formula is C14H28O. The first-order chi connectivity index (χ1) is 7.41. The number of aliphatic hydroxyl groups is 1. The van der Waals surface area contributed by atoms with Crippen molar-refractivity contribution < 1.29 is 5.11 Å². The predicted octanol–water partition coefficient (Wildman–Crippen LogP) is 4.46. The zero-order valence-corrected chi connectivity index (χ0v) is 10.4. The van der Waals surface area contributed by atoms with Crippen LogP contribution in [-0.4, -0.2) is 11.7 Å². The second-order valence-corrected chi connectivity index (χ2v) is 4.25. The average Bonchev–Trinajstić information content (AvgIpc) is 2.26. The van der Waals surface area contributed by atoms with Gasteiger partial charge in [0, 0.05) is 6.61 Å². The fourth-order valence-electron chi connectivity index (χ4n) is 1.71. The van der Waals surface area contributed by atoms with E-state index in [4.69, 9.17) is 5.11 Å². The second kappa shape index (κ2) is 13.7. The van der Waals surface area contributed by atoms with Crippen molar-refractivity contribution in [2.75, 3.05) is 6.61 Å². The lowest BCUT2D eigenvalue weighted by atomic mass is 10.1. The van der Waals surface area contributed by atoms with Crippen LogP contribution in [0.3, 0.4) is 0 Å². The summed E-state index contributed by atoms with van der Waals surface area (Å²) in [5.74, 6) is 0. The SMILES string of the molecule is CCCCCCCCCC/C=C/CCO. The normalized spacial score (nSPS) is 11.3. The molecule has 1 heteroatoms. The molecule has 0 bridgehead atoms. The molecule has 0 aliphatic carbocycles. The number of allylic oxidation sites excluding steroid dienone is 1. The monoisotopic (exact) mass is 212 g/mol. The maximum absolute atomic E-state index is 8.56. The van der Waals surface area contributed by atoms with E-state index in [-0.39, 0.29) is 6.61 Å². The average molecular weight is 212 g/mol. The van der Waals surface area contributed by atoms with E-state index in [9.17, 15) is 0 Å². The fraction of sp³-hybridized carbons (Fsp3) is 0.857. The molecule has 0 aliphatic heterocycles. The Bertz CT molecular complexity index is 129. The highest BCUT2D eigenvalue weighted by Gasteiger charge is 1.90. The summed E-state index contributed by atoms with van der Waals surface area (Å²) in [6.07, 6.45) is 17.4. The van der Waals surface area contributed by atoms with Crippen LogP contribution in [0.5, 0.6) is 0 Å². The van der Waals surface area contributed by atoms with Gasteiger partial charge in [-0.1, -0.05) is 64.0 Å². The van der Waals surface area contributed by atoms with Gasteiger partial charge in [0.25, 0.3) is 0 Å². The molecule has 0 aromatic heterocycles. The predicted molar refractivity (Wildman–Crippen MR) is 68.1 cm³/mol. The molecule has 1 N–H and O–H groups in total. The molecule has 0 amide bonds. The van der Waals surface area contributed by atoms with Gasteiger partial charge in [-0.05, 0) is 19.3 Å². The van der Waals surface area contributed by atoms with Gasteiger partial charge in [-0.25, -0.2) is 0 Å². The summed E-state index contributed by atoms with van der Waals surface area (Å²) in [5.41, 5.74) is 0. The van der Waals surface area contributed by atoms with Crippen LogP contribution in [0.2, 0.25) is 0 Å². The third-order valence-corrected chi connectivity index (χ3v) is 2.69. The van der Waals surface area contributed by atoms with E-state index in [0.29, 0.717) is 0 Å². The van der Waals surface area contributed by atoms with Crippen molar-refractivity contribution >= 4 is 0 Å². The number of hydrogen-bond donors (Lipinski definition) is 1. The minimum atomic E-state index is 0.286. The van der Waals surface area contributed by atoms with E-state index in [1.54, 1.807) is 0 Å². The highest BCUT2D eigenvalue weighted by molar-refractivity contribution is 4.80. The maximum atomic E-state index is 8.56. The van der Waals surface area contributed by atoms with Gasteiger partial charge in [0.2, 0.25) is 0 Å². The molecule has 1 nitrogen and oxygen atoms in total. The van der Waals surface area contributed by atoms with Gasteiger partial charge in [0.05, 0.1) is 0 Å². The standard InChI is InChI=1S/C14H28O/c1-2-3-4-5-6-7-8-9-10-11-12-13-14-15/h11-12,15H,2-10,13-14H2,1H3/b12-11+. The van der Waals surface area contributed by atoms with Gasteiger partial charge in [-0.3, -0.25) is 0 Å². The van der Waals surface area contributed by atoms with Gasteiger partial charge >= 0.3 is 0 Å². The lowest BCUT2D eigenvalue weighted by Crippen LogP contribution is -1.80. The lowest BCUT2D eigenvalue weighted by Gasteiger charge is -1.99. The maximum Gasteiger partial charge on any atom is 0.0465 e. The molecule has 0 aliphatic rings. The van der Waals surface area contributed by atoms with E-state index in [2.05, 4.69) is 19.1 Å². The van der Waals surface area contributed by atoms with Crippen LogP contribution in [0.25, 0.3) is 0 Å². The molecule has 0 unspecified atom stereocenters. The number of unbranched alkanes of at least 4 members (excludes halogenated alkanes) is 8. The number of rotatable bonds is 11.